The second kappa shape index (κ2) is 11.9. The molecule has 0 N–H and O–H groups in total. The Bertz CT molecular complexity index is 698. The topological polar surface area (TPSA) is 43.3 Å². The van der Waals surface area contributed by atoms with Crippen molar-refractivity contribution in [2.24, 2.45) is 4.99 Å². The van der Waals surface area contributed by atoms with Gasteiger partial charge in [0.1, 0.15) is 11.4 Å². The number of likely N-dealkylation sites (tertiary alicyclic amines) is 1. The molecule has 0 amide bonds. The summed E-state index contributed by atoms with van der Waals surface area (Å²) in [4.78, 5) is 7.07. The lowest BCUT2D eigenvalue weighted by atomic mass is 9.91. The maximum absolute atomic E-state index is 6.30. The predicted octanol–water partition coefficient (Wildman–Crippen LogP) is 5.12. The van der Waals surface area contributed by atoms with Gasteiger partial charge in [0.05, 0.1) is 36.2 Å². The Morgan fingerprint density at radius 1 is 1.06 bits per heavy atom. The molecule has 0 aromatic heterocycles. The zero-order valence-corrected chi connectivity index (χ0v) is 20.6. The highest BCUT2D eigenvalue weighted by Crippen LogP contribution is 2.30. The van der Waals surface area contributed by atoms with Gasteiger partial charge in [0, 0.05) is 13.1 Å². The van der Waals surface area contributed by atoms with E-state index < -0.39 is 5.60 Å². The molecule has 5 heteroatoms. The summed E-state index contributed by atoms with van der Waals surface area (Å²) in [7, 11) is 0. The molecule has 1 saturated carbocycles. The lowest BCUT2D eigenvalue weighted by Crippen LogP contribution is -2.44. The van der Waals surface area contributed by atoms with E-state index in [1.807, 2.05) is 40.7 Å². The number of nitrogens with zero attached hydrogens (tertiary/aromatic N) is 2. The Balaban J connectivity index is 1.86. The molecule has 1 saturated heterocycles. The standard InChI is InChI=1S/C26H42N2O3/c1-9-10-25(27-21(6)11-14-26(7,8)31-20(4)5)28-15-12-22(13-16-28)30-24-17-23(18-24)29-19(2)3/h9-10,19-20,22-24H,1,12-13,15-18H2,2-8H3/b25-10+,27-21?. The Morgan fingerprint density at radius 2 is 1.71 bits per heavy atom. The smallest absolute Gasteiger partial charge is 0.129 e. The minimum Gasteiger partial charge on any atom is -0.375 e. The zero-order chi connectivity index (χ0) is 23.0. The van der Waals surface area contributed by atoms with E-state index in [4.69, 9.17) is 19.2 Å². The SMILES string of the molecule is C=C/C=C(\N=C(C)C#CC(C)(C)OC(C)C)N1CCC(OC2CC(OC(C)C)C2)CC1. The molecule has 1 aliphatic carbocycles. The molecule has 0 radical (unpaired) electrons. The number of piperidine rings is 1. The molecule has 1 aliphatic heterocycles. The van der Waals surface area contributed by atoms with Gasteiger partial charge >= 0.3 is 0 Å². The quantitative estimate of drug-likeness (QED) is 0.289. The summed E-state index contributed by atoms with van der Waals surface area (Å²) < 4.78 is 18.0. The fraction of sp³-hybridized carbons (Fsp3) is 0.731. The van der Waals surface area contributed by atoms with Crippen LogP contribution in [0.5, 0.6) is 0 Å². The highest BCUT2D eigenvalue weighted by atomic mass is 16.5. The summed E-state index contributed by atoms with van der Waals surface area (Å²) in [5.41, 5.74) is 0.279. The molecule has 174 valence electrons. The molecule has 0 atom stereocenters. The van der Waals surface area contributed by atoms with Crippen molar-refractivity contribution in [3.05, 3.63) is 24.6 Å². The third-order valence-electron chi connectivity index (χ3n) is 5.29. The van der Waals surface area contributed by atoms with E-state index in [9.17, 15) is 0 Å². The van der Waals surface area contributed by atoms with E-state index in [1.165, 1.54) is 0 Å². The monoisotopic (exact) mass is 430 g/mol. The van der Waals surface area contributed by atoms with Gasteiger partial charge in [-0.25, -0.2) is 4.99 Å². The number of allylic oxidation sites excluding steroid dienone is 2. The first kappa shape index (κ1) is 25.6. The summed E-state index contributed by atoms with van der Waals surface area (Å²) in [6, 6.07) is 0. The van der Waals surface area contributed by atoms with Crippen LogP contribution in [-0.2, 0) is 14.2 Å². The van der Waals surface area contributed by atoms with Gasteiger partial charge in [-0.1, -0.05) is 18.6 Å². The molecule has 0 aromatic rings. The van der Waals surface area contributed by atoms with Crippen LogP contribution in [0, 0.1) is 11.8 Å². The summed E-state index contributed by atoms with van der Waals surface area (Å²) in [5, 5.41) is 0. The highest BCUT2D eigenvalue weighted by molar-refractivity contribution is 5.99. The van der Waals surface area contributed by atoms with Crippen LogP contribution in [0.2, 0.25) is 0 Å². The minimum atomic E-state index is -0.496. The number of hydrogen-bond acceptors (Lipinski definition) is 5. The van der Waals surface area contributed by atoms with Crippen LogP contribution in [0.25, 0.3) is 0 Å². The van der Waals surface area contributed by atoms with Crippen molar-refractivity contribution in [2.45, 2.75) is 110 Å². The van der Waals surface area contributed by atoms with Crippen molar-refractivity contribution in [2.75, 3.05) is 13.1 Å². The second-order valence-corrected chi connectivity index (χ2v) is 9.61. The summed E-state index contributed by atoms with van der Waals surface area (Å²) in [5.74, 6) is 7.27. The predicted molar refractivity (Wildman–Crippen MR) is 128 cm³/mol. The van der Waals surface area contributed by atoms with Crippen LogP contribution >= 0.6 is 0 Å². The van der Waals surface area contributed by atoms with E-state index in [1.54, 1.807) is 6.08 Å². The van der Waals surface area contributed by atoms with E-state index in [-0.39, 0.29) is 6.10 Å². The van der Waals surface area contributed by atoms with Crippen LogP contribution < -0.4 is 0 Å². The van der Waals surface area contributed by atoms with Crippen LogP contribution in [-0.4, -0.2) is 59.8 Å². The lowest BCUT2D eigenvalue weighted by Gasteiger charge is -2.40. The van der Waals surface area contributed by atoms with Crippen molar-refractivity contribution in [3.63, 3.8) is 0 Å². The lowest BCUT2D eigenvalue weighted by molar-refractivity contribution is -0.145. The third kappa shape index (κ3) is 9.19. The Hall–Kier alpha value is -1.61. The van der Waals surface area contributed by atoms with E-state index in [0.29, 0.717) is 24.4 Å². The number of rotatable bonds is 9. The Morgan fingerprint density at radius 3 is 2.26 bits per heavy atom. The molecule has 31 heavy (non-hydrogen) atoms. The number of aliphatic imine (C=N–C) groups is 1. The maximum atomic E-state index is 6.30. The van der Waals surface area contributed by atoms with E-state index in [0.717, 1.165) is 50.3 Å². The summed E-state index contributed by atoms with van der Waals surface area (Å²) >= 11 is 0. The molecule has 0 unspecified atom stereocenters. The number of ether oxygens (including phenoxy) is 3. The van der Waals surface area contributed by atoms with Crippen molar-refractivity contribution in [3.8, 4) is 11.8 Å². The van der Waals surface area contributed by atoms with E-state index >= 15 is 0 Å². The summed E-state index contributed by atoms with van der Waals surface area (Å²) in [6.45, 7) is 19.8. The normalized spacial score (nSPS) is 23.6. The maximum Gasteiger partial charge on any atom is 0.129 e. The highest BCUT2D eigenvalue weighted by Gasteiger charge is 2.34. The molecule has 2 aliphatic rings. The first-order valence-corrected chi connectivity index (χ1v) is 11.7. The molecular formula is C26H42N2O3. The molecule has 2 rings (SSSR count). The van der Waals surface area contributed by atoms with Crippen molar-refractivity contribution in [1.82, 2.24) is 4.90 Å². The first-order chi connectivity index (χ1) is 14.6. The third-order valence-corrected chi connectivity index (χ3v) is 5.29. The average Bonchev–Trinajstić information content (AvgIpc) is 2.64. The van der Waals surface area contributed by atoms with Crippen molar-refractivity contribution < 1.29 is 14.2 Å². The van der Waals surface area contributed by atoms with Gasteiger partial charge in [-0.05, 0) is 86.1 Å². The Kier molecular flexibility index (Phi) is 9.81. The largest absolute Gasteiger partial charge is 0.375 e. The molecule has 0 bridgehead atoms. The van der Waals surface area contributed by atoms with E-state index in [2.05, 4.69) is 37.2 Å². The van der Waals surface area contributed by atoms with Gasteiger partial charge in [-0.3, -0.25) is 0 Å². The van der Waals surface area contributed by atoms with Crippen LogP contribution in [0.1, 0.15) is 74.1 Å². The van der Waals surface area contributed by atoms with Crippen LogP contribution in [0.4, 0.5) is 0 Å². The second-order valence-electron chi connectivity index (χ2n) is 9.61. The molecule has 1 heterocycles. The van der Waals surface area contributed by atoms with Crippen LogP contribution in [0.15, 0.2) is 29.5 Å². The van der Waals surface area contributed by atoms with Crippen molar-refractivity contribution >= 4 is 5.71 Å². The van der Waals surface area contributed by atoms with Gasteiger partial charge in [-0.2, -0.15) is 0 Å². The fourth-order valence-corrected chi connectivity index (χ4v) is 4.00. The van der Waals surface area contributed by atoms with Gasteiger partial charge in [0.15, 0.2) is 0 Å². The average molecular weight is 431 g/mol. The summed E-state index contributed by atoms with van der Waals surface area (Å²) in [6.07, 6.45) is 9.31. The van der Waals surface area contributed by atoms with Gasteiger partial charge in [0.2, 0.25) is 0 Å². The van der Waals surface area contributed by atoms with Crippen molar-refractivity contribution in [1.29, 1.82) is 0 Å². The minimum absolute atomic E-state index is 0.134. The van der Waals surface area contributed by atoms with Gasteiger partial charge < -0.3 is 19.1 Å². The van der Waals surface area contributed by atoms with Gasteiger partial charge in [0.25, 0.3) is 0 Å². The first-order valence-electron chi connectivity index (χ1n) is 11.7. The molecule has 2 fully saturated rings. The zero-order valence-electron chi connectivity index (χ0n) is 20.6. The molecule has 5 nitrogen and oxygen atoms in total. The molecular weight excluding hydrogens is 388 g/mol. The number of hydrogen-bond donors (Lipinski definition) is 0. The molecule has 0 spiro atoms. The fourth-order valence-electron chi connectivity index (χ4n) is 4.00. The van der Waals surface area contributed by atoms with Gasteiger partial charge in [-0.15, -0.1) is 0 Å². The Labute approximate surface area is 189 Å². The van der Waals surface area contributed by atoms with Crippen LogP contribution in [0.3, 0.4) is 0 Å². The molecule has 0 aromatic carbocycles.